The Kier molecular flexibility index (Phi) is 8.89. The van der Waals surface area contributed by atoms with Crippen molar-refractivity contribution >= 4 is 39.8 Å². The van der Waals surface area contributed by atoms with Crippen LogP contribution in [0.15, 0.2) is 108 Å². The molecule has 0 saturated carbocycles. The molecular weight excluding hydrogens is 638 g/mol. The summed E-state index contributed by atoms with van der Waals surface area (Å²) in [5.41, 5.74) is 5.97. The number of alkyl halides is 1. The molecule has 5 nitrogen and oxygen atoms in total. The number of nitriles is 1. The zero-order chi connectivity index (χ0) is 33.4. The molecule has 0 aliphatic carbocycles. The van der Waals surface area contributed by atoms with Crippen LogP contribution < -0.4 is 0 Å². The molecule has 1 aromatic heterocycles. The third kappa shape index (κ3) is 5.90. The van der Waals surface area contributed by atoms with E-state index in [2.05, 4.69) is 6.07 Å². The van der Waals surface area contributed by atoms with E-state index in [4.69, 9.17) is 16.3 Å². The van der Waals surface area contributed by atoms with E-state index in [0.29, 0.717) is 71.0 Å². The van der Waals surface area contributed by atoms with Gasteiger partial charge in [-0.1, -0.05) is 60.1 Å². The van der Waals surface area contributed by atoms with Crippen LogP contribution in [0, 0.1) is 24.1 Å². The van der Waals surface area contributed by atoms with E-state index >= 15 is 4.39 Å². The highest BCUT2D eigenvalue weighted by Crippen LogP contribution is 2.46. The summed E-state index contributed by atoms with van der Waals surface area (Å²) in [6.07, 6.45) is -1.20. The van der Waals surface area contributed by atoms with E-state index in [-0.39, 0.29) is 0 Å². The van der Waals surface area contributed by atoms with E-state index in [0.717, 1.165) is 5.56 Å². The maximum Gasteiger partial charge on any atom is 0.337 e. The average molecular weight is 665 g/mol. The van der Waals surface area contributed by atoms with Gasteiger partial charge in [0.1, 0.15) is 29.0 Å². The molecule has 0 amide bonds. The Morgan fingerprint density at radius 1 is 0.957 bits per heavy atom. The number of methoxy groups -OCH3 is 1. The molecule has 0 bridgehead atoms. The molecule has 9 heteroatoms. The Morgan fingerprint density at radius 2 is 1.68 bits per heavy atom. The van der Waals surface area contributed by atoms with Gasteiger partial charge >= 0.3 is 5.97 Å². The van der Waals surface area contributed by atoms with Crippen LogP contribution in [-0.2, 0) is 16.1 Å². The first-order valence-electron chi connectivity index (χ1n) is 14.6. The predicted octanol–water partition coefficient (Wildman–Crippen LogP) is 10.0. The molecule has 47 heavy (non-hydrogen) atoms. The summed E-state index contributed by atoms with van der Waals surface area (Å²) in [4.78, 5) is 12.5. The fourth-order valence-corrected chi connectivity index (χ4v) is 7.37. The molecule has 0 fully saturated rings. The quantitative estimate of drug-likeness (QED) is 0.126. The topological polar surface area (TPSA) is 78.1 Å². The summed E-state index contributed by atoms with van der Waals surface area (Å²) in [5.74, 6) is -1.01. The SMILES string of the molecule is COC(=O)c1ccc(-c2cccc(-c3c(-c4c(C)cccc4C#N)c4cc(F)ccc4n3[S+]([O-])c3ccc(C(C)F)cc3)c2)c(Cl)c1. The van der Waals surface area contributed by atoms with Crippen LogP contribution in [0.25, 0.3) is 44.4 Å². The van der Waals surface area contributed by atoms with Crippen LogP contribution in [0.3, 0.4) is 0 Å². The van der Waals surface area contributed by atoms with Crippen molar-refractivity contribution in [3.63, 3.8) is 0 Å². The summed E-state index contributed by atoms with van der Waals surface area (Å²) < 4.78 is 50.1. The third-order valence-electron chi connectivity index (χ3n) is 8.07. The van der Waals surface area contributed by atoms with Gasteiger partial charge in [-0.3, -0.25) is 0 Å². The van der Waals surface area contributed by atoms with Crippen molar-refractivity contribution in [1.29, 1.82) is 5.26 Å². The molecule has 234 valence electrons. The summed E-state index contributed by atoms with van der Waals surface area (Å²) in [6, 6.07) is 30.6. The number of ether oxygens (including phenoxy) is 1. The van der Waals surface area contributed by atoms with Gasteiger partial charge in [0.15, 0.2) is 4.90 Å². The highest BCUT2D eigenvalue weighted by molar-refractivity contribution is 7.90. The van der Waals surface area contributed by atoms with Gasteiger partial charge in [-0.25, -0.2) is 13.6 Å². The van der Waals surface area contributed by atoms with Crippen molar-refractivity contribution in [2.24, 2.45) is 0 Å². The van der Waals surface area contributed by atoms with Crippen LogP contribution in [0.1, 0.15) is 40.1 Å². The Balaban J connectivity index is 1.68. The average Bonchev–Trinajstić information content (AvgIpc) is 3.41. The number of hydrogen-bond donors (Lipinski definition) is 0. The van der Waals surface area contributed by atoms with Crippen LogP contribution in [0.4, 0.5) is 8.78 Å². The molecular formula is C38H27ClF2N2O3S. The van der Waals surface area contributed by atoms with Crippen molar-refractivity contribution in [3.8, 4) is 39.6 Å². The first-order valence-corrected chi connectivity index (χ1v) is 16.1. The maximum absolute atomic E-state index is 15.0. The fraction of sp³-hybridized carbons (Fsp3) is 0.105. The first kappa shape index (κ1) is 32.0. The lowest BCUT2D eigenvalue weighted by molar-refractivity contribution is 0.0600. The molecule has 0 N–H and O–H groups in total. The maximum atomic E-state index is 15.0. The fourth-order valence-electron chi connectivity index (χ4n) is 5.80. The number of aromatic nitrogens is 1. The van der Waals surface area contributed by atoms with Gasteiger partial charge < -0.3 is 9.29 Å². The zero-order valence-corrected chi connectivity index (χ0v) is 27.1. The van der Waals surface area contributed by atoms with Gasteiger partial charge in [0.2, 0.25) is 0 Å². The van der Waals surface area contributed by atoms with Crippen molar-refractivity contribution in [2.45, 2.75) is 24.9 Å². The number of esters is 1. The van der Waals surface area contributed by atoms with E-state index in [1.807, 2.05) is 37.3 Å². The number of carbonyl (C=O) groups is 1. The molecule has 0 aliphatic rings. The zero-order valence-electron chi connectivity index (χ0n) is 25.6. The molecule has 0 saturated heterocycles. The number of carbonyl (C=O) groups excluding carboxylic acids is 1. The minimum Gasteiger partial charge on any atom is -0.587 e. The molecule has 5 aromatic carbocycles. The Labute approximate surface area is 278 Å². The lowest BCUT2D eigenvalue weighted by Gasteiger charge is -2.18. The molecule has 6 aromatic rings. The minimum absolute atomic E-state index is 0.300. The molecule has 6 rings (SSSR count). The largest absolute Gasteiger partial charge is 0.587 e. The second-order valence-corrected chi connectivity index (χ2v) is 12.7. The number of fused-ring (bicyclic) bond motifs is 1. The van der Waals surface area contributed by atoms with E-state index in [1.54, 1.807) is 58.6 Å². The van der Waals surface area contributed by atoms with E-state index in [1.165, 1.54) is 32.2 Å². The van der Waals surface area contributed by atoms with Crippen molar-refractivity contribution < 1.29 is 22.9 Å². The Bertz CT molecular complexity index is 2210. The van der Waals surface area contributed by atoms with Gasteiger partial charge in [0, 0.05) is 32.7 Å². The summed E-state index contributed by atoms with van der Waals surface area (Å²) in [5, 5.41) is 11.0. The highest BCUT2D eigenvalue weighted by atomic mass is 35.5. The summed E-state index contributed by atoms with van der Waals surface area (Å²) >= 11 is 4.78. The van der Waals surface area contributed by atoms with Crippen LogP contribution in [-0.4, -0.2) is 21.6 Å². The predicted molar refractivity (Wildman–Crippen MR) is 182 cm³/mol. The van der Waals surface area contributed by atoms with Gasteiger partial charge in [0.05, 0.1) is 29.8 Å². The van der Waals surface area contributed by atoms with Gasteiger partial charge in [0.25, 0.3) is 0 Å². The van der Waals surface area contributed by atoms with Crippen LogP contribution in [0.5, 0.6) is 0 Å². The number of nitrogens with zero attached hydrogens (tertiary/aromatic N) is 2. The molecule has 0 spiro atoms. The highest BCUT2D eigenvalue weighted by Gasteiger charge is 2.30. The molecule has 0 radical (unpaired) electrons. The number of benzene rings is 5. The summed E-state index contributed by atoms with van der Waals surface area (Å²) in [7, 11) is 1.29. The van der Waals surface area contributed by atoms with Gasteiger partial charge in [-0.05, 0) is 85.1 Å². The number of hydrogen-bond acceptors (Lipinski definition) is 4. The smallest absolute Gasteiger partial charge is 0.337 e. The lowest BCUT2D eigenvalue weighted by atomic mass is 9.91. The van der Waals surface area contributed by atoms with Crippen molar-refractivity contribution in [1.82, 2.24) is 3.97 Å². The summed E-state index contributed by atoms with van der Waals surface area (Å²) in [6.45, 7) is 3.30. The van der Waals surface area contributed by atoms with E-state index in [9.17, 15) is 19.0 Å². The third-order valence-corrected chi connectivity index (χ3v) is 9.77. The van der Waals surface area contributed by atoms with Crippen LogP contribution in [0.2, 0.25) is 5.02 Å². The minimum atomic E-state index is -1.88. The number of halogens is 3. The number of rotatable bonds is 7. The number of aryl methyl sites for hydroxylation is 1. The first-order chi connectivity index (χ1) is 22.6. The Hall–Kier alpha value is -4.94. The van der Waals surface area contributed by atoms with E-state index < -0.39 is 29.3 Å². The van der Waals surface area contributed by atoms with Crippen molar-refractivity contribution in [3.05, 3.63) is 136 Å². The van der Waals surface area contributed by atoms with Crippen molar-refractivity contribution in [2.75, 3.05) is 7.11 Å². The second-order valence-electron chi connectivity index (χ2n) is 11.0. The lowest BCUT2D eigenvalue weighted by Crippen LogP contribution is -2.14. The molecule has 2 atom stereocenters. The Morgan fingerprint density at radius 3 is 2.36 bits per heavy atom. The molecule has 2 unspecified atom stereocenters. The second kappa shape index (κ2) is 13.0. The molecule has 1 heterocycles. The monoisotopic (exact) mass is 664 g/mol. The van der Waals surface area contributed by atoms with Gasteiger partial charge in [-0.15, -0.1) is 0 Å². The molecule has 0 aliphatic heterocycles. The van der Waals surface area contributed by atoms with Gasteiger partial charge in [-0.2, -0.15) is 9.23 Å². The normalized spacial score (nSPS) is 12.5. The standard InChI is InChI=1S/C38H27ClF2N2O3S/c1-22-6-4-9-28(21-42)35(22)36-32-20-29(41)13-17-34(32)43(47(45)30-14-10-24(11-15-30)23(2)40)37(36)26-8-5-7-25(18-26)31-16-12-27(19-33(31)39)38(44)46-3/h4-20,23H,1-3H3. The van der Waals surface area contributed by atoms with Crippen LogP contribution >= 0.6 is 11.6 Å².